The van der Waals surface area contributed by atoms with E-state index in [9.17, 15) is 9.59 Å². The predicted molar refractivity (Wildman–Crippen MR) is 119 cm³/mol. The average Bonchev–Trinajstić information content (AvgIpc) is 3.18. The second-order valence-corrected chi connectivity index (χ2v) is 7.01. The van der Waals surface area contributed by atoms with Crippen LogP contribution in [-0.4, -0.2) is 39.6 Å². The van der Waals surface area contributed by atoms with Crippen LogP contribution < -0.4 is 5.32 Å². The van der Waals surface area contributed by atoms with Crippen LogP contribution in [0.3, 0.4) is 0 Å². The minimum Gasteiger partial charge on any atom is -0.339 e. The number of benzene rings is 2. The van der Waals surface area contributed by atoms with Crippen molar-refractivity contribution in [1.29, 1.82) is 0 Å². The summed E-state index contributed by atoms with van der Waals surface area (Å²) in [6.45, 7) is 7.82. The highest BCUT2D eigenvalue weighted by Gasteiger charge is 2.18. The Labute approximate surface area is 177 Å². The summed E-state index contributed by atoms with van der Waals surface area (Å²) in [4.78, 5) is 27.3. The van der Waals surface area contributed by atoms with Gasteiger partial charge in [-0.1, -0.05) is 43.3 Å². The van der Waals surface area contributed by atoms with E-state index in [2.05, 4.69) is 10.4 Å². The molecule has 0 atom stereocenters. The molecule has 0 saturated carbocycles. The molecular formula is C24H28N4O2. The number of nitrogens with zero attached hydrogens (tertiary/aromatic N) is 3. The third-order valence-corrected chi connectivity index (χ3v) is 5.12. The second-order valence-electron chi connectivity index (χ2n) is 7.01. The molecule has 2 amide bonds. The zero-order valence-corrected chi connectivity index (χ0v) is 17.8. The van der Waals surface area contributed by atoms with Crippen molar-refractivity contribution in [2.24, 2.45) is 0 Å². The van der Waals surface area contributed by atoms with E-state index in [1.54, 1.807) is 35.4 Å². The minimum absolute atomic E-state index is 0.0407. The molecule has 1 N–H and O–H groups in total. The predicted octanol–water partition coefficient (Wildman–Crippen LogP) is 4.23. The summed E-state index contributed by atoms with van der Waals surface area (Å²) in [5.74, 6) is -0.264. The van der Waals surface area contributed by atoms with Gasteiger partial charge in [-0.15, -0.1) is 0 Å². The van der Waals surface area contributed by atoms with Gasteiger partial charge < -0.3 is 10.2 Å². The van der Waals surface area contributed by atoms with Crippen molar-refractivity contribution in [2.45, 2.75) is 33.7 Å². The molecule has 3 aromatic rings. The molecule has 2 aromatic carbocycles. The lowest BCUT2D eigenvalue weighted by Crippen LogP contribution is -2.30. The highest BCUT2D eigenvalue weighted by Crippen LogP contribution is 2.17. The normalized spacial score (nSPS) is 10.6. The Morgan fingerprint density at radius 3 is 2.40 bits per heavy atom. The SMILES string of the molecule is CCc1c(C(=O)Nc2cccc(C(=O)N(CC)CC)c2)cnn1Cc1ccccc1. The van der Waals surface area contributed by atoms with Crippen molar-refractivity contribution in [3.63, 3.8) is 0 Å². The lowest BCUT2D eigenvalue weighted by Gasteiger charge is -2.19. The summed E-state index contributed by atoms with van der Waals surface area (Å²) in [7, 11) is 0. The Balaban J connectivity index is 1.78. The van der Waals surface area contributed by atoms with E-state index < -0.39 is 0 Å². The number of hydrogen-bond acceptors (Lipinski definition) is 3. The number of aromatic nitrogens is 2. The van der Waals surface area contributed by atoms with E-state index in [0.29, 0.717) is 42.9 Å². The molecule has 0 saturated heterocycles. The molecule has 0 radical (unpaired) electrons. The Morgan fingerprint density at radius 1 is 1.00 bits per heavy atom. The van der Waals surface area contributed by atoms with Crippen molar-refractivity contribution in [3.8, 4) is 0 Å². The number of amides is 2. The van der Waals surface area contributed by atoms with Crippen molar-refractivity contribution in [3.05, 3.63) is 83.2 Å². The van der Waals surface area contributed by atoms with E-state index >= 15 is 0 Å². The first-order valence-corrected chi connectivity index (χ1v) is 10.4. The summed E-state index contributed by atoms with van der Waals surface area (Å²) in [6.07, 6.45) is 2.30. The van der Waals surface area contributed by atoms with Gasteiger partial charge in [0.2, 0.25) is 0 Å². The zero-order valence-electron chi connectivity index (χ0n) is 17.8. The van der Waals surface area contributed by atoms with Crippen LogP contribution in [0.25, 0.3) is 0 Å². The molecule has 0 fully saturated rings. The van der Waals surface area contributed by atoms with Gasteiger partial charge in [-0.05, 0) is 44.0 Å². The lowest BCUT2D eigenvalue weighted by atomic mass is 10.1. The van der Waals surface area contributed by atoms with Crippen LogP contribution in [-0.2, 0) is 13.0 Å². The number of nitrogens with one attached hydrogen (secondary N) is 1. The van der Waals surface area contributed by atoms with Crippen LogP contribution in [0.5, 0.6) is 0 Å². The van der Waals surface area contributed by atoms with E-state index in [1.807, 2.05) is 55.8 Å². The third kappa shape index (κ3) is 4.76. The average molecular weight is 405 g/mol. The maximum atomic E-state index is 12.9. The van der Waals surface area contributed by atoms with Gasteiger partial charge in [0.25, 0.3) is 11.8 Å². The molecule has 0 bridgehead atoms. The van der Waals surface area contributed by atoms with Crippen LogP contribution in [0.4, 0.5) is 5.69 Å². The van der Waals surface area contributed by atoms with Crippen molar-refractivity contribution >= 4 is 17.5 Å². The Hall–Kier alpha value is -3.41. The number of anilines is 1. The van der Waals surface area contributed by atoms with Crippen LogP contribution in [0.1, 0.15) is 52.7 Å². The summed E-state index contributed by atoms with van der Waals surface area (Å²) >= 11 is 0. The minimum atomic E-state index is -0.224. The fourth-order valence-corrected chi connectivity index (χ4v) is 3.49. The Bertz CT molecular complexity index is 1010. The topological polar surface area (TPSA) is 67.2 Å². The molecular weight excluding hydrogens is 376 g/mol. The van der Waals surface area contributed by atoms with E-state index in [-0.39, 0.29) is 11.8 Å². The van der Waals surface area contributed by atoms with Crippen LogP contribution in [0, 0.1) is 0 Å². The van der Waals surface area contributed by atoms with Crippen LogP contribution in [0.15, 0.2) is 60.8 Å². The molecule has 1 aromatic heterocycles. The standard InChI is InChI=1S/C24H28N4O2/c1-4-22-21(16-25-28(22)17-18-11-8-7-9-12-18)23(29)26-20-14-10-13-19(15-20)24(30)27(5-2)6-3/h7-16H,4-6,17H2,1-3H3,(H,26,29). The number of carbonyl (C=O) groups excluding carboxylic acids is 2. The third-order valence-electron chi connectivity index (χ3n) is 5.12. The first-order chi connectivity index (χ1) is 14.6. The maximum absolute atomic E-state index is 12.9. The van der Waals surface area contributed by atoms with Gasteiger partial charge >= 0.3 is 0 Å². The van der Waals surface area contributed by atoms with Crippen LogP contribution >= 0.6 is 0 Å². The molecule has 0 unspecified atom stereocenters. The van der Waals surface area contributed by atoms with Crippen molar-refractivity contribution in [1.82, 2.24) is 14.7 Å². The monoisotopic (exact) mass is 404 g/mol. The maximum Gasteiger partial charge on any atom is 0.259 e. The molecule has 0 spiro atoms. The van der Waals surface area contributed by atoms with Gasteiger partial charge in [-0.25, -0.2) is 0 Å². The molecule has 3 rings (SSSR count). The highest BCUT2D eigenvalue weighted by atomic mass is 16.2. The molecule has 6 nitrogen and oxygen atoms in total. The molecule has 156 valence electrons. The van der Waals surface area contributed by atoms with Gasteiger partial charge in [0, 0.05) is 24.3 Å². The molecule has 0 aliphatic rings. The van der Waals surface area contributed by atoms with Gasteiger partial charge in [0.05, 0.1) is 24.0 Å². The van der Waals surface area contributed by atoms with Crippen LogP contribution in [0.2, 0.25) is 0 Å². The Morgan fingerprint density at radius 2 is 1.73 bits per heavy atom. The zero-order chi connectivity index (χ0) is 21.5. The fraction of sp³-hybridized carbons (Fsp3) is 0.292. The molecule has 30 heavy (non-hydrogen) atoms. The van der Waals surface area contributed by atoms with Gasteiger partial charge in [-0.3, -0.25) is 14.3 Å². The first-order valence-electron chi connectivity index (χ1n) is 10.4. The smallest absolute Gasteiger partial charge is 0.259 e. The van der Waals surface area contributed by atoms with Crippen molar-refractivity contribution in [2.75, 3.05) is 18.4 Å². The summed E-state index contributed by atoms with van der Waals surface area (Å²) in [6, 6.07) is 17.1. The van der Waals surface area contributed by atoms with E-state index in [1.165, 1.54) is 0 Å². The molecule has 0 aliphatic heterocycles. The summed E-state index contributed by atoms with van der Waals surface area (Å²) < 4.78 is 1.87. The highest BCUT2D eigenvalue weighted by molar-refractivity contribution is 6.05. The summed E-state index contributed by atoms with van der Waals surface area (Å²) in [5.41, 5.74) is 3.72. The molecule has 1 heterocycles. The second kappa shape index (κ2) is 9.87. The Kier molecular flexibility index (Phi) is 7.01. The lowest BCUT2D eigenvalue weighted by molar-refractivity contribution is 0.0772. The largest absolute Gasteiger partial charge is 0.339 e. The van der Waals surface area contributed by atoms with Crippen molar-refractivity contribution < 1.29 is 9.59 Å². The van der Waals surface area contributed by atoms with Gasteiger partial charge in [-0.2, -0.15) is 5.10 Å². The molecule has 6 heteroatoms. The number of carbonyl (C=O) groups is 2. The first kappa shape index (κ1) is 21.3. The van der Waals surface area contributed by atoms with E-state index in [4.69, 9.17) is 0 Å². The van der Waals surface area contributed by atoms with Gasteiger partial charge in [0.1, 0.15) is 0 Å². The molecule has 0 aliphatic carbocycles. The van der Waals surface area contributed by atoms with E-state index in [0.717, 1.165) is 11.3 Å². The van der Waals surface area contributed by atoms with Gasteiger partial charge in [0.15, 0.2) is 0 Å². The number of rotatable bonds is 8. The fourth-order valence-electron chi connectivity index (χ4n) is 3.49. The number of hydrogen-bond donors (Lipinski definition) is 1. The quantitative estimate of drug-likeness (QED) is 0.611. The summed E-state index contributed by atoms with van der Waals surface area (Å²) in [5, 5.41) is 7.35.